The maximum atomic E-state index is 12.3. The summed E-state index contributed by atoms with van der Waals surface area (Å²) < 4.78 is 1.96. The molecule has 8 heteroatoms. The first-order valence-corrected chi connectivity index (χ1v) is 8.97. The number of aromatic nitrogens is 3. The summed E-state index contributed by atoms with van der Waals surface area (Å²) in [5, 5.41) is 19.8. The Morgan fingerprint density at radius 1 is 1.12 bits per heavy atom. The van der Waals surface area contributed by atoms with Crippen LogP contribution in [0.2, 0.25) is 0 Å². The lowest BCUT2D eigenvalue weighted by atomic mass is 10.1. The second-order valence-corrected chi connectivity index (χ2v) is 6.37. The Morgan fingerprint density at radius 2 is 1.81 bits per heavy atom. The molecule has 2 aromatic carbocycles. The van der Waals surface area contributed by atoms with Crippen molar-refractivity contribution in [3.8, 4) is 11.4 Å². The van der Waals surface area contributed by atoms with Crippen LogP contribution in [0.3, 0.4) is 0 Å². The summed E-state index contributed by atoms with van der Waals surface area (Å²) in [6, 6.07) is 15.4. The molecule has 1 heterocycles. The fraction of sp³-hybridized carbons (Fsp3) is 0.167. The van der Waals surface area contributed by atoms with Gasteiger partial charge >= 0.3 is 0 Å². The van der Waals surface area contributed by atoms with E-state index >= 15 is 0 Å². The van der Waals surface area contributed by atoms with Crippen molar-refractivity contribution in [2.24, 2.45) is 0 Å². The third kappa shape index (κ3) is 3.80. The number of nitro benzene ring substituents is 1. The first-order chi connectivity index (χ1) is 12.6. The maximum absolute atomic E-state index is 12.3. The third-order valence-corrected chi connectivity index (χ3v) is 4.76. The van der Waals surface area contributed by atoms with Crippen molar-refractivity contribution in [1.29, 1.82) is 0 Å². The number of rotatable bonds is 7. The first-order valence-electron chi connectivity index (χ1n) is 7.99. The molecule has 0 atom stereocenters. The average molecular weight is 368 g/mol. The van der Waals surface area contributed by atoms with Crippen molar-refractivity contribution in [3.63, 3.8) is 0 Å². The van der Waals surface area contributed by atoms with Gasteiger partial charge in [0.1, 0.15) is 0 Å². The van der Waals surface area contributed by atoms with Gasteiger partial charge in [-0.25, -0.2) is 0 Å². The van der Waals surface area contributed by atoms with Crippen molar-refractivity contribution in [3.05, 3.63) is 70.3 Å². The number of benzene rings is 2. The highest BCUT2D eigenvalue weighted by Crippen LogP contribution is 2.24. The molecule has 0 unspecified atom stereocenters. The number of hydrogen-bond donors (Lipinski definition) is 0. The van der Waals surface area contributed by atoms with Gasteiger partial charge in [0.15, 0.2) is 16.8 Å². The van der Waals surface area contributed by atoms with Gasteiger partial charge in [0, 0.05) is 29.8 Å². The summed E-state index contributed by atoms with van der Waals surface area (Å²) in [5.41, 5.74) is 1.37. The second-order valence-electron chi connectivity index (χ2n) is 5.43. The molecule has 0 radical (unpaired) electrons. The highest BCUT2D eigenvalue weighted by atomic mass is 32.2. The van der Waals surface area contributed by atoms with E-state index in [4.69, 9.17) is 0 Å². The van der Waals surface area contributed by atoms with E-state index in [9.17, 15) is 14.9 Å². The smallest absolute Gasteiger partial charge is 0.269 e. The summed E-state index contributed by atoms with van der Waals surface area (Å²) >= 11 is 1.31. The van der Waals surface area contributed by atoms with Crippen molar-refractivity contribution in [1.82, 2.24) is 14.8 Å². The van der Waals surface area contributed by atoms with Crippen LogP contribution < -0.4 is 0 Å². The van der Waals surface area contributed by atoms with Gasteiger partial charge in [-0.3, -0.25) is 14.9 Å². The maximum Gasteiger partial charge on any atom is 0.269 e. The molecule has 3 aromatic rings. The number of ketones is 1. The zero-order chi connectivity index (χ0) is 18.5. The SMILES string of the molecule is CCn1c(SCC(=O)c2ccc([N+](=O)[O-])cc2)nnc1-c1ccccc1. The van der Waals surface area contributed by atoms with Crippen LogP contribution >= 0.6 is 11.8 Å². The number of non-ortho nitro benzene ring substituents is 1. The van der Waals surface area contributed by atoms with Gasteiger partial charge in [-0.15, -0.1) is 10.2 Å². The molecular formula is C18H16N4O3S. The number of Topliss-reactive ketones (excluding diaryl/α,β-unsaturated/α-hetero) is 1. The van der Waals surface area contributed by atoms with E-state index in [1.807, 2.05) is 41.8 Å². The molecule has 1 aromatic heterocycles. The standard InChI is InChI=1S/C18H16N4O3S/c1-2-21-17(14-6-4-3-5-7-14)19-20-18(21)26-12-16(23)13-8-10-15(11-9-13)22(24)25/h3-11H,2,12H2,1H3. The molecule has 7 nitrogen and oxygen atoms in total. The summed E-state index contributed by atoms with van der Waals surface area (Å²) in [6.07, 6.45) is 0. The average Bonchev–Trinajstić information content (AvgIpc) is 3.09. The minimum atomic E-state index is -0.488. The quantitative estimate of drug-likeness (QED) is 0.272. The second kappa shape index (κ2) is 7.92. The van der Waals surface area contributed by atoms with Crippen LogP contribution in [0, 0.1) is 10.1 Å². The monoisotopic (exact) mass is 368 g/mol. The molecular weight excluding hydrogens is 352 g/mol. The van der Waals surface area contributed by atoms with Crippen LogP contribution in [0.25, 0.3) is 11.4 Å². The zero-order valence-corrected chi connectivity index (χ0v) is 14.8. The number of hydrogen-bond acceptors (Lipinski definition) is 6. The van der Waals surface area contributed by atoms with Crippen molar-refractivity contribution >= 4 is 23.2 Å². The summed E-state index contributed by atoms with van der Waals surface area (Å²) in [7, 11) is 0. The Hall–Kier alpha value is -3.00. The molecule has 3 rings (SSSR count). The lowest BCUT2D eigenvalue weighted by Crippen LogP contribution is -2.05. The molecule has 0 N–H and O–H groups in total. The van der Waals surface area contributed by atoms with Crippen LogP contribution in [0.5, 0.6) is 0 Å². The molecule has 0 amide bonds. The van der Waals surface area contributed by atoms with Gasteiger partial charge in [-0.05, 0) is 19.1 Å². The Kier molecular flexibility index (Phi) is 5.43. The Balaban J connectivity index is 1.72. The normalized spacial score (nSPS) is 10.7. The number of thioether (sulfide) groups is 1. The highest BCUT2D eigenvalue weighted by Gasteiger charge is 2.15. The molecule has 0 bridgehead atoms. The number of nitro groups is 1. The predicted molar refractivity (Wildman–Crippen MR) is 99.3 cm³/mol. The van der Waals surface area contributed by atoms with Gasteiger partial charge in [0.05, 0.1) is 10.7 Å². The van der Waals surface area contributed by atoms with E-state index < -0.39 is 4.92 Å². The molecule has 0 saturated heterocycles. The van der Waals surface area contributed by atoms with E-state index in [1.165, 1.54) is 36.0 Å². The van der Waals surface area contributed by atoms with Gasteiger partial charge < -0.3 is 4.57 Å². The fourth-order valence-corrected chi connectivity index (χ4v) is 3.36. The van der Waals surface area contributed by atoms with Crippen LogP contribution in [-0.4, -0.2) is 31.2 Å². The largest absolute Gasteiger partial charge is 0.302 e. The molecule has 0 aliphatic heterocycles. The van der Waals surface area contributed by atoms with Crippen molar-refractivity contribution in [2.45, 2.75) is 18.6 Å². The Labute approximate surface area is 154 Å². The molecule has 0 saturated carbocycles. The highest BCUT2D eigenvalue weighted by molar-refractivity contribution is 7.99. The first kappa shape index (κ1) is 17.8. The summed E-state index contributed by atoms with van der Waals surface area (Å²) in [5.74, 6) is 0.834. The molecule has 0 aliphatic rings. The minimum Gasteiger partial charge on any atom is -0.302 e. The lowest BCUT2D eigenvalue weighted by Gasteiger charge is -2.07. The summed E-state index contributed by atoms with van der Waals surface area (Å²) in [4.78, 5) is 22.5. The van der Waals surface area contributed by atoms with Gasteiger partial charge in [0.25, 0.3) is 5.69 Å². The lowest BCUT2D eigenvalue weighted by molar-refractivity contribution is -0.384. The van der Waals surface area contributed by atoms with Crippen LogP contribution in [0.4, 0.5) is 5.69 Å². The van der Waals surface area contributed by atoms with Crippen LogP contribution in [0.1, 0.15) is 17.3 Å². The summed E-state index contributed by atoms with van der Waals surface area (Å²) in [6.45, 7) is 2.68. The van der Waals surface area contributed by atoms with Crippen molar-refractivity contribution < 1.29 is 9.72 Å². The predicted octanol–water partition coefficient (Wildman–Crippen LogP) is 3.85. The van der Waals surface area contributed by atoms with Gasteiger partial charge in [-0.2, -0.15) is 0 Å². The number of nitrogens with zero attached hydrogens (tertiary/aromatic N) is 4. The Bertz CT molecular complexity index is 923. The molecule has 0 fully saturated rings. The number of carbonyl (C=O) groups excluding carboxylic acids is 1. The van der Waals surface area contributed by atoms with Gasteiger partial charge in [-0.1, -0.05) is 42.1 Å². The molecule has 0 aliphatic carbocycles. The molecule has 132 valence electrons. The Morgan fingerprint density at radius 3 is 2.42 bits per heavy atom. The zero-order valence-electron chi connectivity index (χ0n) is 14.0. The third-order valence-electron chi connectivity index (χ3n) is 3.80. The molecule has 0 spiro atoms. The van der Waals surface area contributed by atoms with E-state index in [-0.39, 0.29) is 17.2 Å². The van der Waals surface area contributed by atoms with E-state index in [0.29, 0.717) is 17.3 Å². The molecule has 26 heavy (non-hydrogen) atoms. The van der Waals surface area contributed by atoms with Gasteiger partial charge in [0.2, 0.25) is 0 Å². The van der Waals surface area contributed by atoms with E-state index in [2.05, 4.69) is 10.2 Å². The van der Waals surface area contributed by atoms with Crippen LogP contribution in [0.15, 0.2) is 59.8 Å². The minimum absolute atomic E-state index is 0.0348. The van der Waals surface area contributed by atoms with Crippen LogP contribution in [-0.2, 0) is 6.54 Å². The number of carbonyl (C=O) groups is 1. The van der Waals surface area contributed by atoms with E-state index in [1.54, 1.807) is 0 Å². The van der Waals surface area contributed by atoms with E-state index in [0.717, 1.165) is 11.4 Å². The fourth-order valence-electron chi connectivity index (χ4n) is 2.46. The topological polar surface area (TPSA) is 90.9 Å². The van der Waals surface area contributed by atoms with Crippen molar-refractivity contribution in [2.75, 3.05) is 5.75 Å².